The maximum absolute atomic E-state index is 12.9. The van der Waals surface area contributed by atoms with Gasteiger partial charge in [-0.15, -0.1) is 0 Å². The molecule has 0 saturated carbocycles. The smallest absolute Gasteiger partial charge is 0.417 e. The summed E-state index contributed by atoms with van der Waals surface area (Å²) < 4.78 is 44.9. The van der Waals surface area contributed by atoms with E-state index in [4.69, 9.17) is 16.3 Å². The Morgan fingerprint density at radius 1 is 1.00 bits per heavy atom. The van der Waals surface area contributed by atoms with Crippen LogP contribution in [0.2, 0.25) is 5.02 Å². The lowest BCUT2D eigenvalue weighted by Crippen LogP contribution is -2.20. The number of hydrogen-bond acceptors (Lipinski definition) is 2. The summed E-state index contributed by atoms with van der Waals surface area (Å²) in [6.45, 7) is -0.368. The van der Waals surface area contributed by atoms with Gasteiger partial charge in [0.05, 0.1) is 15.1 Å². The van der Waals surface area contributed by atoms with Crippen molar-refractivity contribution >= 4 is 39.1 Å². The van der Waals surface area contributed by atoms with E-state index in [-0.39, 0.29) is 12.3 Å². The molecular weight excluding hydrogens is 471 g/mol. The highest BCUT2D eigenvalue weighted by Gasteiger charge is 2.33. The van der Waals surface area contributed by atoms with Crippen molar-refractivity contribution in [2.45, 2.75) is 6.18 Å². The van der Waals surface area contributed by atoms with Crippen LogP contribution in [0.3, 0.4) is 0 Å². The number of benzene rings is 3. The Kier molecular flexibility index (Phi) is 6.49. The van der Waals surface area contributed by atoms with Crippen LogP contribution >= 0.6 is 27.5 Å². The third-order valence-electron chi connectivity index (χ3n) is 3.95. The molecule has 8 heteroatoms. The van der Waals surface area contributed by atoms with E-state index in [0.29, 0.717) is 10.2 Å². The molecule has 0 atom stereocenters. The molecule has 3 aromatic rings. The summed E-state index contributed by atoms with van der Waals surface area (Å²) in [5, 5.41) is 1.93. The van der Waals surface area contributed by atoms with Gasteiger partial charge in [-0.1, -0.05) is 48.0 Å². The van der Waals surface area contributed by atoms with Crippen LogP contribution in [0.15, 0.2) is 71.2 Å². The molecule has 0 heterocycles. The lowest BCUT2D eigenvalue weighted by molar-refractivity contribution is -0.137. The predicted octanol–water partition coefficient (Wildman–Crippen LogP) is 6.81. The second-order valence-electron chi connectivity index (χ2n) is 6.04. The Balaban J connectivity index is 1.64. The Bertz CT molecular complexity index is 1030. The van der Waals surface area contributed by atoms with Crippen molar-refractivity contribution in [3.8, 4) is 16.9 Å². The Hall–Kier alpha value is -2.51. The number of ether oxygens (including phenoxy) is 1. The topological polar surface area (TPSA) is 38.3 Å². The fourth-order valence-electron chi connectivity index (χ4n) is 2.59. The van der Waals surface area contributed by atoms with Crippen LogP contribution in [0.1, 0.15) is 5.56 Å². The van der Waals surface area contributed by atoms with Crippen LogP contribution in [0.25, 0.3) is 11.1 Å². The Labute approximate surface area is 178 Å². The van der Waals surface area contributed by atoms with Crippen LogP contribution < -0.4 is 10.1 Å². The molecular formula is C21H14BrClF3NO2. The minimum Gasteiger partial charge on any atom is -0.483 e. The lowest BCUT2D eigenvalue weighted by Gasteiger charge is -2.13. The fourth-order valence-corrected chi connectivity index (χ4v) is 3.31. The van der Waals surface area contributed by atoms with E-state index in [2.05, 4.69) is 21.2 Å². The zero-order chi connectivity index (χ0) is 21.0. The van der Waals surface area contributed by atoms with Gasteiger partial charge in [-0.05, 0) is 57.4 Å². The number of carbonyl (C=O) groups is 1. The largest absolute Gasteiger partial charge is 0.483 e. The molecule has 0 fully saturated rings. The summed E-state index contributed by atoms with van der Waals surface area (Å²) in [4.78, 5) is 12.1. The number of anilines is 1. The molecule has 0 saturated heterocycles. The molecule has 3 rings (SSSR count). The number of carbonyl (C=O) groups excluding carboxylic acids is 1. The highest BCUT2D eigenvalue weighted by Crippen LogP contribution is 2.36. The van der Waals surface area contributed by atoms with E-state index in [9.17, 15) is 18.0 Å². The van der Waals surface area contributed by atoms with Gasteiger partial charge >= 0.3 is 6.18 Å². The van der Waals surface area contributed by atoms with Gasteiger partial charge in [0.25, 0.3) is 5.91 Å². The van der Waals surface area contributed by atoms with E-state index < -0.39 is 22.7 Å². The van der Waals surface area contributed by atoms with Gasteiger partial charge in [0.1, 0.15) is 5.75 Å². The van der Waals surface area contributed by atoms with Gasteiger partial charge in [0, 0.05) is 5.69 Å². The molecule has 29 heavy (non-hydrogen) atoms. The van der Waals surface area contributed by atoms with Gasteiger partial charge in [-0.3, -0.25) is 4.79 Å². The van der Waals surface area contributed by atoms with Crippen LogP contribution in [-0.2, 0) is 11.0 Å². The fraction of sp³-hybridized carbons (Fsp3) is 0.0952. The molecule has 1 N–H and O–H groups in total. The van der Waals surface area contributed by atoms with Gasteiger partial charge in [0.2, 0.25) is 0 Å². The molecule has 0 bridgehead atoms. The third-order valence-corrected chi connectivity index (χ3v) is 4.90. The first-order valence-electron chi connectivity index (χ1n) is 8.38. The summed E-state index contributed by atoms with van der Waals surface area (Å²) in [6.07, 6.45) is -4.61. The molecule has 0 aliphatic carbocycles. The minimum absolute atomic E-state index is 0.0196. The number of alkyl halides is 3. The molecule has 3 nitrogen and oxygen atoms in total. The second kappa shape index (κ2) is 8.88. The average Bonchev–Trinajstić information content (AvgIpc) is 2.68. The molecule has 0 aliphatic rings. The summed E-state index contributed by atoms with van der Waals surface area (Å²) in [5.41, 5.74) is 0.960. The number of halogens is 5. The van der Waals surface area contributed by atoms with E-state index in [1.807, 2.05) is 42.5 Å². The van der Waals surface area contributed by atoms with Crippen molar-refractivity contribution in [2.24, 2.45) is 0 Å². The van der Waals surface area contributed by atoms with Gasteiger partial charge in [-0.25, -0.2) is 0 Å². The first-order chi connectivity index (χ1) is 13.7. The molecule has 150 valence electrons. The number of nitrogens with one attached hydrogen (secondary N) is 1. The predicted molar refractivity (Wildman–Crippen MR) is 110 cm³/mol. The molecule has 0 unspecified atom stereocenters. The zero-order valence-corrected chi connectivity index (χ0v) is 17.1. The van der Waals surface area contributed by atoms with Crippen molar-refractivity contribution in [1.82, 2.24) is 0 Å². The molecule has 3 aromatic carbocycles. The zero-order valence-electron chi connectivity index (χ0n) is 14.8. The highest BCUT2D eigenvalue weighted by molar-refractivity contribution is 9.10. The van der Waals surface area contributed by atoms with Crippen LogP contribution in [0.5, 0.6) is 5.75 Å². The summed E-state index contributed by atoms with van der Waals surface area (Å²) in [7, 11) is 0. The maximum atomic E-state index is 12.9. The van der Waals surface area contributed by atoms with E-state index >= 15 is 0 Å². The van der Waals surface area contributed by atoms with Gasteiger partial charge < -0.3 is 10.1 Å². The van der Waals surface area contributed by atoms with Crippen LogP contribution in [-0.4, -0.2) is 12.5 Å². The average molecular weight is 485 g/mol. The lowest BCUT2D eigenvalue weighted by atomic mass is 10.1. The standard InChI is InChI=1S/C21H14BrClF3NO2/c22-17-10-14(13-4-2-1-3-5-13)6-9-19(17)29-12-20(28)27-15-7-8-18(23)16(11-15)21(24,25)26/h1-11H,12H2,(H,27,28). The quantitative estimate of drug-likeness (QED) is 0.432. The van der Waals surface area contributed by atoms with Gasteiger partial charge in [0.15, 0.2) is 6.61 Å². The van der Waals surface area contributed by atoms with Crippen LogP contribution in [0, 0.1) is 0 Å². The summed E-state index contributed by atoms with van der Waals surface area (Å²) in [6, 6.07) is 18.3. The number of rotatable bonds is 5. The first kappa shape index (κ1) is 21.2. The molecule has 0 spiro atoms. The van der Waals surface area contributed by atoms with Crippen molar-refractivity contribution in [2.75, 3.05) is 11.9 Å². The summed E-state index contributed by atoms with van der Waals surface area (Å²) in [5.74, 6) is -0.161. The van der Waals surface area contributed by atoms with Gasteiger partial charge in [-0.2, -0.15) is 13.2 Å². The molecule has 0 radical (unpaired) electrons. The van der Waals surface area contributed by atoms with Crippen LogP contribution in [0.4, 0.5) is 18.9 Å². The SMILES string of the molecule is O=C(COc1ccc(-c2ccccc2)cc1Br)Nc1ccc(Cl)c(C(F)(F)F)c1. The molecule has 1 amide bonds. The Morgan fingerprint density at radius 2 is 1.72 bits per heavy atom. The van der Waals surface area contributed by atoms with E-state index in [1.165, 1.54) is 6.07 Å². The van der Waals surface area contributed by atoms with Crippen molar-refractivity contribution < 1.29 is 22.7 Å². The van der Waals surface area contributed by atoms with Crippen molar-refractivity contribution in [3.63, 3.8) is 0 Å². The Morgan fingerprint density at radius 3 is 2.38 bits per heavy atom. The highest BCUT2D eigenvalue weighted by atomic mass is 79.9. The van der Waals surface area contributed by atoms with E-state index in [1.54, 1.807) is 6.07 Å². The third kappa shape index (κ3) is 5.52. The second-order valence-corrected chi connectivity index (χ2v) is 7.30. The summed E-state index contributed by atoms with van der Waals surface area (Å²) >= 11 is 8.97. The normalized spacial score (nSPS) is 11.2. The minimum atomic E-state index is -4.61. The monoisotopic (exact) mass is 483 g/mol. The molecule has 0 aliphatic heterocycles. The van der Waals surface area contributed by atoms with Crippen molar-refractivity contribution in [1.29, 1.82) is 0 Å². The first-order valence-corrected chi connectivity index (χ1v) is 9.55. The maximum Gasteiger partial charge on any atom is 0.417 e. The molecule has 0 aromatic heterocycles. The van der Waals surface area contributed by atoms with Crippen molar-refractivity contribution in [3.05, 3.63) is 81.8 Å². The van der Waals surface area contributed by atoms with E-state index in [0.717, 1.165) is 23.3 Å². The number of hydrogen-bond donors (Lipinski definition) is 1. The number of amides is 1.